The van der Waals surface area contributed by atoms with Crippen molar-refractivity contribution < 1.29 is 56.8 Å². The summed E-state index contributed by atoms with van der Waals surface area (Å²) >= 11 is 0. The highest BCUT2D eigenvalue weighted by Crippen LogP contribution is 2.49. The van der Waals surface area contributed by atoms with Crippen molar-refractivity contribution in [1.82, 2.24) is 39.0 Å². The molecule has 4 aromatic rings. The monoisotopic (exact) mass is 692 g/mol. The lowest BCUT2D eigenvalue weighted by molar-refractivity contribution is -0.0619. The molecule has 2 saturated heterocycles. The van der Waals surface area contributed by atoms with Gasteiger partial charge in [-0.05, 0) is 0 Å². The third kappa shape index (κ3) is 6.02. The lowest BCUT2D eigenvalue weighted by atomic mass is 10.1. The van der Waals surface area contributed by atoms with E-state index >= 15 is 4.39 Å². The summed E-state index contributed by atoms with van der Waals surface area (Å²) in [4.78, 5) is 54.0. The lowest BCUT2D eigenvalue weighted by Crippen LogP contribution is -2.36. The Morgan fingerprint density at radius 1 is 1.07 bits per heavy atom. The maximum absolute atomic E-state index is 15.7. The smallest absolute Gasteiger partial charge is 0.394 e. The minimum Gasteiger partial charge on any atom is -0.394 e. The van der Waals surface area contributed by atoms with Gasteiger partial charge in [0.05, 0.1) is 25.9 Å². The van der Waals surface area contributed by atoms with E-state index < -0.39 is 90.1 Å². The van der Waals surface area contributed by atoms with Crippen LogP contribution in [0.15, 0.2) is 23.8 Å². The van der Waals surface area contributed by atoms with Crippen LogP contribution in [0.3, 0.4) is 0 Å². The van der Waals surface area contributed by atoms with E-state index in [2.05, 4.69) is 29.9 Å². The van der Waals surface area contributed by atoms with E-state index in [0.717, 1.165) is 17.2 Å². The van der Waals surface area contributed by atoms with Gasteiger partial charge in [-0.1, -0.05) is 0 Å². The molecule has 250 valence electrons. The fraction of sp³-hybridized carbons (Fsp3) is 0.524. The minimum atomic E-state index is -5.14. The predicted octanol–water partition coefficient (Wildman–Crippen LogP) is -2.08. The van der Waals surface area contributed by atoms with Crippen LogP contribution in [0.2, 0.25) is 0 Å². The molecule has 0 bridgehead atoms. The number of nitrogens with two attached hydrogens (primary N) is 2. The van der Waals surface area contributed by atoms with Crippen LogP contribution in [0, 0.1) is 0 Å². The summed E-state index contributed by atoms with van der Waals surface area (Å²) in [5.41, 5.74) is 10.7. The fourth-order valence-electron chi connectivity index (χ4n) is 5.18. The molecule has 2 fully saturated rings. The Hall–Kier alpha value is -3.47. The molecule has 2 aliphatic rings. The van der Waals surface area contributed by atoms with Crippen molar-refractivity contribution in [3.8, 4) is 0 Å². The number of alkyl halides is 1. The van der Waals surface area contributed by atoms with E-state index in [0.29, 0.717) is 0 Å². The van der Waals surface area contributed by atoms with Crippen LogP contribution in [-0.4, -0.2) is 115 Å². The number of aromatic nitrogens is 8. The van der Waals surface area contributed by atoms with Crippen LogP contribution in [0.4, 0.5) is 16.2 Å². The first-order valence-corrected chi connectivity index (χ1v) is 16.3. The maximum atomic E-state index is 15.7. The second-order valence-corrected chi connectivity index (χ2v) is 12.6. The maximum Gasteiger partial charge on any atom is 0.472 e. The number of phosphoric ester groups is 1. The van der Waals surface area contributed by atoms with E-state index in [1.807, 2.05) is 0 Å². The zero-order valence-corrected chi connectivity index (χ0v) is 25.0. The van der Waals surface area contributed by atoms with Gasteiger partial charge in [0, 0.05) is 0 Å². The SMILES string of the molecule is Nc1nc2c(ncn2[C@@H]2O[C@H](COP(=O)(O)OC3C(O)[C@H](n4cnc5c(N)ncnc54)O[C@@H]3CO)[C@H](OC[PH](=O)O)C2F)c(=O)[nH]1. The molecule has 5 unspecified atom stereocenters. The first-order valence-electron chi connectivity index (χ1n) is 13.3. The molecule has 2 aliphatic heterocycles. The normalized spacial score (nSPS) is 30.3. The van der Waals surface area contributed by atoms with Gasteiger partial charge in [-0.2, -0.15) is 4.98 Å². The number of hydrogen-bond acceptors (Lipinski definition) is 17. The third-order valence-electron chi connectivity index (χ3n) is 7.20. The number of aliphatic hydroxyl groups is 2. The number of H-pyrrole nitrogens is 1. The molecule has 0 spiro atoms. The molecular formula is C21H27FN10O12P2. The Bertz CT molecular complexity index is 1880. The van der Waals surface area contributed by atoms with Crippen molar-refractivity contribution in [2.45, 2.75) is 49.1 Å². The summed E-state index contributed by atoms with van der Waals surface area (Å²) in [5.74, 6) is -0.246. The summed E-state index contributed by atoms with van der Waals surface area (Å²) in [6.45, 7) is -1.63. The van der Waals surface area contributed by atoms with Crippen LogP contribution in [-0.2, 0) is 32.4 Å². The summed E-state index contributed by atoms with van der Waals surface area (Å²) in [6.07, 6.45) is -10.1. The number of nitrogen functional groups attached to an aromatic ring is 2. The molecular weight excluding hydrogens is 665 g/mol. The highest BCUT2D eigenvalue weighted by atomic mass is 31.2. The molecule has 0 saturated carbocycles. The number of aliphatic hydroxyl groups excluding tert-OH is 2. The topological polar surface area (TPSA) is 320 Å². The van der Waals surface area contributed by atoms with Crippen molar-refractivity contribution >= 4 is 49.9 Å². The Balaban J connectivity index is 1.19. The summed E-state index contributed by atoms with van der Waals surface area (Å²) in [7, 11) is -8.38. The Morgan fingerprint density at radius 2 is 1.76 bits per heavy atom. The summed E-state index contributed by atoms with van der Waals surface area (Å²) in [6, 6.07) is 0. The van der Waals surface area contributed by atoms with E-state index in [-0.39, 0.29) is 34.1 Å². The standard InChI is InChI=1S/C21H27FN10O12P2/c22-9-13(40-6-45(36)37)8(43-19(9)32-5-28-11-17(32)29-21(24)30-18(11)35)2-41-46(38,39)44-14-7(1-33)42-20(12(14)34)31-4-27-10-15(23)25-3-26-16(10)31/h3-5,7-9,12-14,19-20,33-34,45H,1-2,6H2,(H,36,37)(H,38,39)(H2,23,25,26)(H3,24,29,30,35)/t7-,8-,9?,12?,13+,14?,19-,20-/m1/s1. The molecule has 0 amide bonds. The Labute approximate surface area is 255 Å². The number of halogens is 1. The molecule has 25 heteroatoms. The highest BCUT2D eigenvalue weighted by Gasteiger charge is 2.51. The average Bonchev–Trinajstić information content (AvgIpc) is 3.76. The van der Waals surface area contributed by atoms with Gasteiger partial charge in [0.1, 0.15) is 48.7 Å². The van der Waals surface area contributed by atoms with Gasteiger partial charge >= 0.3 is 7.82 Å². The summed E-state index contributed by atoms with van der Waals surface area (Å²) in [5, 5.41) is 20.9. The molecule has 6 heterocycles. The molecule has 46 heavy (non-hydrogen) atoms. The molecule has 22 nitrogen and oxygen atoms in total. The fourth-order valence-corrected chi connectivity index (χ4v) is 6.48. The number of nitrogens with zero attached hydrogens (tertiary/aromatic N) is 7. The Morgan fingerprint density at radius 3 is 2.48 bits per heavy atom. The van der Waals surface area contributed by atoms with Crippen molar-refractivity contribution in [3.63, 3.8) is 0 Å². The largest absolute Gasteiger partial charge is 0.472 e. The van der Waals surface area contributed by atoms with E-state index in [4.69, 9.17) is 34.7 Å². The van der Waals surface area contributed by atoms with Crippen molar-refractivity contribution in [2.75, 3.05) is 31.0 Å². The first-order chi connectivity index (χ1) is 21.9. The van der Waals surface area contributed by atoms with Gasteiger partial charge in [-0.25, -0.2) is 28.9 Å². The molecule has 9 N–H and O–H groups in total. The molecule has 0 aromatic carbocycles. The quantitative estimate of drug-likeness (QED) is 0.0829. The number of anilines is 2. The van der Waals surface area contributed by atoms with Gasteiger partial charge < -0.3 is 45.7 Å². The van der Waals surface area contributed by atoms with Gasteiger partial charge in [0.2, 0.25) is 14.0 Å². The molecule has 4 aromatic heterocycles. The van der Waals surface area contributed by atoms with E-state index in [1.165, 1.54) is 10.9 Å². The van der Waals surface area contributed by atoms with Crippen LogP contribution in [0.5, 0.6) is 0 Å². The molecule has 6 rings (SSSR count). The zero-order chi connectivity index (χ0) is 32.9. The number of phosphoric acid groups is 1. The van der Waals surface area contributed by atoms with Crippen LogP contribution in [0.1, 0.15) is 12.5 Å². The summed E-state index contributed by atoms with van der Waals surface area (Å²) < 4.78 is 69.3. The van der Waals surface area contributed by atoms with Gasteiger partial charge in [-0.3, -0.25) is 32.5 Å². The number of imidazole rings is 2. The number of nitrogens with one attached hydrogen (secondary N) is 1. The van der Waals surface area contributed by atoms with Crippen LogP contribution < -0.4 is 17.0 Å². The van der Waals surface area contributed by atoms with Crippen molar-refractivity contribution in [3.05, 3.63) is 29.3 Å². The number of fused-ring (bicyclic) bond motifs is 2. The van der Waals surface area contributed by atoms with Crippen molar-refractivity contribution in [1.29, 1.82) is 0 Å². The van der Waals surface area contributed by atoms with E-state index in [1.54, 1.807) is 0 Å². The van der Waals surface area contributed by atoms with Gasteiger partial charge in [0.25, 0.3) is 5.56 Å². The third-order valence-corrected chi connectivity index (χ3v) is 8.60. The number of aromatic amines is 1. The number of rotatable bonds is 11. The second kappa shape index (κ2) is 12.6. The zero-order valence-electron chi connectivity index (χ0n) is 23.1. The van der Waals surface area contributed by atoms with Crippen LogP contribution in [0.25, 0.3) is 22.3 Å². The Kier molecular flexibility index (Phi) is 8.91. The molecule has 0 radical (unpaired) electrons. The molecule has 0 aliphatic carbocycles. The second-order valence-electron chi connectivity index (χ2n) is 10.1. The lowest BCUT2D eigenvalue weighted by Gasteiger charge is -2.24. The van der Waals surface area contributed by atoms with Gasteiger partial charge in [0.15, 0.2) is 41.3 Å². The number of hydrogen-bond donors (Lipinski definition) is 7. The highest BCUT2D eigenvalue weighted by molar-refractivity contribution is 7.47. The average molecular weight is 692 g/mol. The number of ether oxygens (including phenoxy) is 3. The minimum absolute atomic E-state index is 0.0481. The van der Waals surface area contributed by atoms with Gasteiger partial charge in [-0.15, -0.1) is 0 Å². The van der Waals surface area contributed by atoms with Crippen molar-refractivity contribution in [2.24, 2.45) is 0 Å². The van der Waals surface area contributed by atoms with Crippen LogP contribution >= 0.6 is 15.9 Å². The molecule has 10 atom stereocenters. The predicted molar refractivity (Wildman–Crippen MR) is 150 cm³/mol. The van der Waals surface area contributed by atoms with E-state index in [9.17, 15) is 33.9 Å². The first kappa shape index (κ1) is 32.5.